The molecule has 0 saturated carbocycles. The number of nitrogens with zero attached hydrogens (tertiary/aromatic N) is 2. The SMILES string of the molecule is Cc1cc2ccoc2c(C#N)c1C#N. The van der Waals surface area contributed by atoms with Gasteiger partial charge in [0.1, 0.15) is 17.7 Å². The van der Waals surface area contributed by atoms with Crippen LogP contribution in [-0.4, -0.2) is 0 Å². The minimum atomic E-state index is 0.326. The van der Waals surface area contributed by atoms with Crippen molar-refractivity contribution in [2.75, 3.05) is 0 Å². The number of aryl methyl sites for hydroxylation is 1. The van der Waals surface area contributed by atoms with Crippen molar-refractivity contribution in [3.8, 4) is 12.1 Å². The molecule has 0 N–H and O–H groups in total. The molecule has 0 unspecified atom stereocenters. The lowest BCUT2D eigenvalue weighted by atomic mass is 10.0. The van der Waals surface area contributed by atoms with Gasteiger partial charge in [0.25, 0.3) is 0 Å². The van der Waals surface area contributed by atoms with Gasteiger partial charge in [-0.1, -0.05) is 0 Å². The summed E-state index contributed by atoms with van der Waals surface area (Å²) in [6.45, 7) is 1.81. The van der Waals surface area contributed by atoms with Crippen LogP contribution < -0.4 is 0 Å². The Morgan fingerprint density at radius 3 is 2.57 bits per heavy atom. The summed E-state index contributed by atoms with van der Waals surface area (Å²) in [5.74, 6) is 0. The van der Waals surface area contributed by atoms with Crippen LogP contribution in [-0.2, 0) is 0 Å². The second kappa shape index (κ2) is 2.90. The van der Waals surface area contributed by atoms with Gasteiger partial charge in [-0.15, -0.1) is 0 Å². The number of fused-ring (bicyclic) bond motifs is 1. The van der Waals surface area contributed by atoms with Crippen molar-refractivity contribution in [2.45, 2.75) is 6.92 Å². The smallest absolute Gasteiger partial charge is 0.152 e. The largest absolute Gasteiger partial charge is 0.463 e. The van der Waals surface area contributed by atoms with Crippen LogP contribution in [0.1, 0.15) is 16.7 Å². The fraction of sp³-hybridized carbons (Fsp3) is 0.0909. The van der Waals surface area contributed by atoms with Crippen LogP contribution in [0.3, 0.4) is 0 Å². The van der Waals surface area contributed by atoms with Gasteiger partial charge < -0.3 is 4.42 Å². The highest BCUT2D eigenvalue weighted by atomic mass is 16.3. The van der Waals surface area contributed by atoms with Crippen LogP contribution in [0.25, 0.3) is 11.0 Å². The molecule has 0 saturated heterocycles. The number of hydrogen-bond donors (Lipinski definition) is 0. The summed E-state index contributed by atoms with van der Waals surface area (Å²) in [6, 6.07) is 7.64. The molecule has 0 aliphatic carbocycles. The molecule has 0 bridgehead atoms. The summed E-state index contributed by atoms with van der Waals surface area (Å²) >= 11 is 0. The van der Waals surface area contributed by atoms with Gasteiger partial charge in [0.15, 0.2) is 5.58 Å². The van der Waals surface area contributed by atoms with Gasteiger partial charge in [-0.25, -0.2) is 0 Å². The Kier molecular flexibility index (Phi) is 1.73. The zero-order chi connectivity index (χ0) is 10.1. The lowest BCUT2D eigenvalue weighted by molar-refractivity contribution is 0.614. The van der Waals surface area contributed by atoms with E-state index < -0.39 is 0 Å². The van der Waals surface area contributed by atoms with Gasteiger partial charge in [0, 0.05) is 5.39 Å². The molecular weight excluding hydrogens is 176 g/mol. The third-order valence-electron chi connectivity index (χ3n) is 2.16. The van der Waals surface area contributed by atoms with Gasteiger partial charge >= 0.3 is 0 Å². The topological polar surface area (TPSA) is 60.7 Å². The molecule has 0 spiro atoms. The van der Waals surface area contributed by atoms with Gasteiger partial charge in [-0.05, 0) is 24.6 Å². The molecule has 0 atom stereocenters. The van der Waals surface area contributed by atoms with Crippen molar-refractivity contribution in [1.82, 2.24) is 0 Å². The number of rotatable bonds is 0. The highest BCUT2D eigenvalue weighted by Crippen LogP contribution is 2.25. The number of furan rings is 1. The molecule has 1 aromatic heterocycles. The summed E-state index contributed by atoms with van der Waals surface area (Å²) in [7, 11) is 0. The zero-order valence-corrected chi connectivity index (χ0v) is 7.53. The minimum Gasteiger partial charge on any atom is -0.463 e. The molecule has 66 valence electrons. The van der Waals surface area contributed by atoms with E-state index in [1.807, 2.05) is 25.1 Å². The van der Waals surface area contributed by atoms with Crippen LogP contribution in [0.4, 0.5) is 0 Å². The van der Waals surface area contributed by atoms with Gasteiger partial charge in [0.2, 0.25) is 0 Å². The molecule has 1 heterocycles. The van der Waals surface area contributed by atoms with Crippen molar-refractivity contribution in [3.63, 3.8) is 0 Å². The third kappa shape index (κ3) is 0.967. The summed E-state index contributed by atoms with van der Waals surface area (Å²) in [6.07, 6.45) is 1.52. The number of hydrogen-bond acceptors (Lipinski definition) is 3. The first-order chi connectivity index (χ1) is 6.77. The summed E-state index contributed by atoms with van der Waals surface area (Å²) in [4.78, 5) is 0. The van der Waals surface area contributed by atoms with E-state index in [-0.39, 0.29) is 0 Å². The fourth-order valence-electron chi connectivity index (χ4n) is 1.50. The maximum atomic E-state index is 8.93. The average Bonchev–Trinajstić information content (AvgIpc) is 2.62. The predicted octanol–water partition coefficient (Wildman–Crippen LogP) is 2.48. The first-order valence-corrected chi connectivity index (χ1v) is 4.09. The van der Waals surface area contributed by atoms with E-state index in [0.29, 0.717) is 16.7 Å². The molecule has 2 aromatic rings. The van der Waals surface area contributed by atoms with E-state index in [9.17, 15) is 0 Å². The van der Waals surface area contributed by atoms with Crippen LogP contribution in [0.5, 0.6) is 0 Å². The molecule has 0 aliphatic rings. The standard InChI is InChI=1S/C11H6N2O/c1-7-4-8-2-3-14-11(8)10(6-13)9(7)5-12/h2-4H,1H3. The van der Waals surface area contributed by atoms with Gasteiger partial charge in [-0.2, -0.15) is 10.5 Å². The molecule has 3 nitrogen and oxygen atoms in total. The molecular formula is C11H6N2O. The molecule has 3 heteroatoms. The molecule has 0 radical (unpaired) electrons. The molecule has 0 amide bonds. The van der Waals surface area contributed by atoms with Crippen LogP contribution in [0.2, 0.25) is 0 Å². The van der Waals surface area contributed by atoms with E-state index in [4.69, 9.17) is 14.9 Å². The second-order valence-electron chi connectivity index (χ2n) is 3.01. The van der Waals surface area contributed by atoms with E-state index in [2.05, 4.69) is 0 Å². The lowest BCUT2D eigenvalue weighted by Crippen LogP contribution is -1.88. The Balaban J connectivity index is 3.00. The van der Waals surface area contributed by atoms with E-state index >= 15 is 0 Å². The highest BCUT2D eigenvalue weighted by molar-refractivity contribution is 5.86. The van der Waals surface area contributed by atoms with Crippen molar-refractivity contribution >= 4 is 11.0 Å². The molecule has 1 aromatic carbocycles. The predicted molar refractivity (Wildman–Crippen MR) is 50.4 cm³/mol. The normalized spacial score (nSPS) is 9.64. The molecule has 2 rings (SSSR count). The van der Waals surface area contributed by atoms with Crippen LogP contribution in [0.15, 0.2) is 22.8 Å². The Labute approximate surface area is 80.8 Å². The maximum absolute atomic E-state index is 8.93. The monoisotopic (exact) mass is 182 g/mol. The second-order valence-corrected chi connectivity index (χ2v) is 3.01. The summed E-state index contributed by atoms with van der Waals surface area (Å²) < 4.78 is 5.16. The number of benzene rings is 1. The minimum absolute atomic E-state index is 0.326. The summed E-state index contributed by atoms with van der Waals surface area (Å²) in [5, 5.41) is 18.7. The zero-order valence-electron chi connectivity index (χ0n) is 7.53. The molecule has 0 aliphatic heterocycles. The molecule has 14 heavy (non-hydrogen) atoms. The van der Waals surface area contributed by atoms with Crippen molar-refractivity contribution in [3.05, 3.63) is 35.1 Å². The van der Waals surface area contributed by atoms with Crippen molar-refractivity contribution in [2.24, 2.45) is 0 Å². The Morgan fingerprint density at radius 2 is 1.93 bits per heavy atom. The Morgan fingerprint density at radius 1 is 1.21 bits per heavy atom. The van der Waals surface area contributed by atoms with E-state index in [0.717, 1.165) is 10.9 Å². The van der Waals surface area contributed by atoms with Crippen molar-refractivity contribution in [1.29, 1.82) is 10.5 Å². The maximum Gasteiger partial charge on any atom is 0.152 e. The highest BCUT2D eigenvalue weighted by Gasteiger charge is 2.12. The van der Waals surface area contributed by atoms with Crippen LogP contribution >= 0.6 is 0 Å². The summed E-state index contributed by atoms with van der Waals surface area (Å²) in [5.41, 5.74) is 2.02. The van der Waals surface area contributed by atoms with Gasteiger partial charge in [-0.3, -0.25) is 0 Å². The van der Waals surface area contributed by atoms with Gasteiger partial charge in [0.05, 0.1) is 11.8 Å². The van der Waals surface area contributed by atoms with Crippen molar-refractivity contribution < 1.29 is 4.42 Å². The quantitative estimate of drug-likeness (QED) is 0.628. The Hall–Kier alpha value is -2.26. The van der Waals surface area contributed by atoms with E-state index in [1.54, 1.807) is 6.07 Å². The first-order valence-electron chi connectivity index (χ1n) is 4.09. The third-order valence-corrected chi connectivity index (χ3v) is 2.16. The average molecular weight is 182 g/mol. The number of nitriles is 2. The Bertz CT molecular complexity index is 582. The molecule has 0 fully saturated rings. The lowest BCUT2D eigenvalue weighted by Gasteiger charge is -1.99. The first kappa shape index (κ1) is 8.34. The van der Waals surface area contributed by atoms with Crippen LogP contribution in [0, 0.1) is 29.6 Å². The fourth-order valence-corrected chi connectivity index (χ4v) is 1.50. The van der Waals surface area contributed by atoms with E-state index in [1.165, 1.54) is 6.26 Å².